The molecule has 110 valence electrons. The number of nitrogens with zero attached hydrogens (tertiary/aromatic N) is 3. The first-order valence-corrected chi connectivity index (χ1v) is 6.89. The number of alkyl halides is 3. The monoisotopic (exact) mass is 286 g/mol. The van der Waals surface area contributed by atoms with Crippen LogP contribution in [0, 0.1) is 5.92 Å². The van der Waals surface area contributed by atoms with Gasteiger partial charge in [-0.25, -0.2) is 9.97 Å². The van der Waals surface area contributed by atoms with Gasteiger partial charge in [-0.1, -0.05) is 0 Å². The zero-order valence-electron chi connectivity index (χ0n) is 11.0. The Kier molecular flexibility index (Phi) is 3.22. The van der Waals surface area contributed by atoms with E-state index in [1.807, 2.05) is 0 Å². The van der Waals surface area contributed by atoms with Crippen LogP contribution in [0.3, 0.4) is 0 Å². The van der Waals surface area contributed by atoms with E-state index in [4.69, 9.17) is 5.73 Å². The number of hydrogen-bond donors (Lipinski definition) is 1. The van der Waals surface area contributed by atoms with E-state index in [0.29, 0.717) is 36.3 Å². The van der Waals surface area contributed by atoms with Gasteiger partial charge in [0, 0.05) is 25.1 Å². The average Bonchev–Trinajstić information content (AvgIpc) is 3.21. The van der Waals surface area contributed by atoms with Gasteiger partial charge in [-0.05, 0) is 25.7 Å². The lowest BCUT2D eigenvalue weighted by Gasteiger charge is -2.34. The molecular weight excluding hydrogens is 269 g/mol. The van der Waals surface area contributed by atoms with Crippen molar-refractivity contribution in [2.45, 2.75) is 37.8 Å². The van der Waals surface area contributed by atoms with E-state index in [0.717, 1.165) is 12.8 Å². The summed E-state index contributed by atoms with van der Waals surface area (Å²) >= 11 is 0. The topological polar surface area (TPSA) is 55.0 Å². The second-order valence-corrected chi connectivity index (χ2v) is 5.61. The molecule has 0 radical (unpaired) electrons. The first-order chi connectivity index (χ1) is 9.43. The molecule has 0 bridgehead atoms. The lowest BCUT2D eigenvalue weighted by molar-refractivity contribution is -0.176. The van der Waals surface area contributed by atoms with Gasteiger partial charge in [0.05, 0.1) is 5.92 Å². The Hall–Kier alpha value is -1.53. The van der Waals surface area contributed by atoms with Crippen molar-refractivity contribution < 1.29 is 13.2 Å². The summed E-state index contributed by atoms with van der Waals surface area (Å²) in [4.78, 5) is 10.3. The van der Waals surface area contributed by atoms with Crippen LogP contribution in [0.15, 0.2) is 6.07 Å². The van der Waals surface area contributed by atoms with Gasteiger partial charge in [0.25, 0.3) is 0 Å². The summed E-state index contributed by atoms with van der Waals surface area (Å²) in [5, 5.41) is 0. The molecule has 20 heavy (non-hydrogen) atoms. The Balaban J connectivity index is 1.81. The number of nitrogens with two attached hydrogens (primary N) is 1. The van der Waals surface area contributed by atoms with Crippen LogP contribution in [0.2, 0.25) is 0 Å². The average molecular weight is 286 g/mol. The lowest BCUT2D eigenvalue weighted by atomic mass is 9.97. The molecule has 3 rings (SSSR count). The normalized spacial score (nSPS) is 23.9. The highest BCUT2D eigenvalue weighted by Gasteiger charge is 2.42. The molecule has 1 aliphatic heterocycles. The molecule has 1 aromatic rings. The van der Waals surface area contributed by atoms with Gasteiger partial charge in [-0.15, -0.1) is 0 Å². The van der Waals surface area contributed by atoms with Crippen molar-refractivity contribution in [2.24, 2.45) is 5.92 Å². The van der Waals surface area contributed by atoms with Crippen LogP contribution >= 0.6 is 0 Å². The van der Waals surface area contributed by atoms with Crippen LogP contribution in [0.1, 0.15) is 37.4 Å². The Bertz CT molecular complexity index is 499. The van der Waals surface area contributed by atoms with Gasteiger partial charge in [-0.2, -0.15) is 13.2 Å². The molecule has 1 saturated heterocycles. The molecule has 1 atom stereocenters. The summed E-state index contributed by atoms with van der Waals surface area (Å²) in [5.74, 6) is 0.603. The summed E-state index contributed by atoms with van der Waals surface area (Å²) in [7, 11) is 0. The van der Waals surface area contributed by atoms with Gasteiger partial charge in [0.15, 0.2) is 0 Å². The van der Waals surface area contributed by atoms with Gasteiger partial charge >= 0.3 is 6.18 Å². The number of anilines is 2. The maximum absolute atomic E-state index is 12.8. The minimum Gasteiger partial charge on any atom is -0.384 e. The Morgan fingerprint density at radius 3 is 2.60 bits per heavy atom. The minimum absolute atomic E-state index is 0.0376. The highest BCUT2D eigenvalue weighted by Crippen LogP contribution is 2.39. The Morgan fingerprint density at radius 2 is 1.95 bits per heavy atom. The number of nitrogen functional groups attached to an aromatic ring is 1. The summed E-state index contributed by atoms with van der Waals surface area (Å²) in [6.45, 7) is 0.553. The van der Waals surface area contributed by atoms with E-state index in [2.05, 4.69) is 9.97 Å². The molecule has 1 unspecified atom stereocenters. The molecule has 0 spiro atoms. The van der Waals surface area contributed by atoms with E-state index >= 15 is 0 Å². The third-order valence-electron chi connectivity index (χ3n) is 3.90. The predicted octanol–water partition coefficient (Wildman–Crippen LogP) is 2.71. The van der Waals surface area contributed by atoms with Crippen molar-refractivity contribution in [3.8, 4) is 0 Å². The SMILES string of the molecule is Nc1cc(N2CCCC(C(F)(F)F)C2)nc(C2CC2)n1. The third-order valence-corrected chi connectivity index (χ3v) is 3.90. The number of rotatable bonds is 2. The van der Waals surface area contributed by atoms with Crippen molar-refractivity contribution in [3.63, 3.8) is 0 Å². The Labute approximate surface area is 115 Å². The summed E-state index contributed by atoms with van der Waals surface area (Å²) in [5.41, 5.74) is 5.75. The maximum Gasteiger partial charge on any atom is 0.393 e. The molecule has 2 heterocycles. The first kappa shape index (κ1) is 13.5. The Morgan fingerprint density at radius 1 is 1.20 bits per heavy atom. The lowest BCUT2D eigenvalue weighted by Crippen LogP contribution is -2.42. The van der Waals surface area contributed by atoms with E-state index in [1.54, 1.807) is 11.0 Å². The number of aromatic nitrogens is 2. The fourth-order valence-electron chi connectivity index (χ4n) is 2.61. The van der Waals surface area contributed by atoms with Crippen LogP contribution in [-0.2, 0) is 0 Å². The van der Waals surface area contributed by atoms with E-state index < -0.39 is 12.1 Å². The first-order valence-electron chi connectivity index (χ1n) is 6.89. The molecule has 0 aromatic carbocycles. The van der Waals surface area contributed by atoms with Crippen LogP contribution in [-0.4, -0.2) is 29.2 Å². The van der Waals surface area contributed by atoms with Crippen LogP contribution in [0.25, 0.3) is 0 Å². The standard InChI is InChI=1S/C13H17F3N4/c14-13(15,16)9-2-1-5-20(7-9)11-6-10(17)18-12(19-11)8-3-4-8/h6,8-9H,1-5,7H2,(H2,17,18,19). The van der Waals surface area contributed by atoms with Crippen molar-refractivity contribution in [2.75, 3.05) is 23.7 Å². The zero-order chi connectivity index (χ0) is 14.3. The van der Waals surface area contributed by atoms with Crippen molar-refractivity contribution >= 4 is 11.6 Å². The molecule has 4 nitrogen and oxygen atoms in total. The van der Waals surface area contributed by atoms with Crippen molar-refractivity contribution in [1.82, 2.24) is 9.97 Å². The zero-order valence-corrected chi connectivity index (χ0v) is 11.0. The van der Waals surface area contributed by atoms with Crippen molar-refractivity contribution in [1.29, 1.82) is 0 Å². The largest absolute Gasteiger partial charge is 0.393 e. The molecular formula is C13H17F3N4. The van der Waals surface area contributed by atoms with E-state index in [1.165, 1.54) is 0 Å². The number of hydrogen-bond acceptors (Lipinski definition) is 4. The fourth-order valence-corrected chi connectivity index (χ4v) is 2.61. The summed E-state index contributed by atoms with van der Waals surface area (Å²) in [6.07, 6.45) is -1.36. The third kappa shape index (κ3) is 2.81. The van der Waals surface area contributed by atoms with Gasteiger partial charge < -0.3 is 10.6 Å². The predicted molar refractivity (Wildman–Crippen MR) is 69.4 cm³/mol. The van der Waals surface area contributed by atoms with E-state index in [9.17, 15) is 13.2 Å². The molecule has 2 aliphatic rings. The van der Waals surface area contributed by atoms with Crippen LogP contribution in [0.5, 0.6) is 0 Å². The number of halogens is 3. The smallest absolute Gasteiger partial charge is 0.384 e. The quantitative estimate of drug-likeness (QED) is 0.908. The molecule has 1 saturated carbocycles. The second-order valence-electron chi connectivity index (χ2n) is 5.61. The fraction of sp³-hybridized carbons (Fsp3) is 0.692. The van der Waals surface area contributed by atoms with E-state index in [-0.39, 0.29) is 13.0 Å². The molecule has 1 aliphatic carbocycles. The maximum atomic E-state index is 12.8. The minimum atomic E-state index is -4.14. The molecule has 0 amide bonds. The number of piperidine rings is 1. The van der Waals surface area contributed by atoms with Gasteiger partial charge in [0.2, 0.25) is 0 Å². The highest BCUT2D eigenvalue weighted by atomic mass is 19.4. The molecule has 1 aromatic heterocycles. The van der Waals surface area contributed by atoms with Crippen LogP contribution in [0.4, 0.5) is 24.8 Å². The summed E-state index contributed by atoms with van der Waals surface area (Å²) < 4.78 is 38.5. The second kappa shape index (κ2) is 4.79. The molecule has 2 fully saturated rings. The molecule has 2 N–H and O–H groups in total. The van der Waals surface area contributed by atoms with Gasteiger partial charge in [-0.3, -0.25) is 0 Å². The highest BCUT2D eigenvalue weighted by molar-refractivity contribution is 5.48. The van der Waals surface area contributed by atoms with Crippen LogP contribution < -0.4 is 10.6 Å². The molecule has 7 heteroatoms. The summed E-state index contributed by atoms with van der Waals surface area (Å²) in [6, 6.07) is 1.57. The van der Waals surface area contributed by atoms with Gasteiger partial charge in [0.1, 0.15) is 17.5 Å². The van der Waals surface area contributed by atoms with Crippen molar-refractivity contribution in [3.05, 3.63) is 11.9 Å².